The molecule has 14 heteroatoms. The largest absolute Gasteiger partial charge is 0.497 e. The number of likely N-dealkylation sites (N-methyl/N-ethyl adjacent to an activating group) is 1. The molecular formula is C33H38F3N5O6. The van der Waals surface area contributed by atoms with Crippen LogP contribution in [0.3, 0.4) is 0 Å². The van der Waals surface area contributed by atoms with Crippen molar-refractivity contribution >= 4 is 35.0 Å². The molecule has 0 fully saturated rings. The van der Waals surface area contributed by atoms with Gasteiger partial charge in [0, 0.05) is 42.1 Å². The molecule has 11 nitrogen and oxygen atoms in total. The average Bonchev–Trinajstić information content (AvgIpc) is 3.08. The predicted octanol–water partition coefficient (Wildman–Crippen LogP) is 5.67. The Hall–Kier alpha value is -4.98. The van der Waals surface area contributed by atoms with Gasteiger partial charge in [-0.3, -0.25) is 4.79 Å². The first-order valence-electron chi connectivity index (χ1n) is 14.9. The molecule has 1 heterocycles. The van der Waals surface area contributed by atoms with Crippen molar-refractivity contribution in [3.05, 3.63) is 77.9 Å². The fourth-order valence-electron chi connectivity index (χ4n) is 5.01. The van der Waals surface area contributed by atoms with Crippen molar-refractivity contribution in [3.8, 4) is 11.5 Å². The van der Waals surface area contributed by atoms with E-state index in [-0.39, 0.29) is 49.7 Å². The lowest BCUT2D eigenvalue weighted by atomic mass is 10.0. The van der Waals surface area contributed by atoms with Gasteiger partial charge in [0.15, 0.2) is 0 Å². The lowest BCUT2D eigenvalue weighted by molar-refractivity contribution is -0.137. The Bertz CT molecular complexity index is 1550. The second-order valence-corrected chi connectivity index (χ2v) is 11.4. The highest BCUT2D eigenvalue weighted by molar-refractivity contribution is 6.00. The van der Waals surface area contributed by atoms with Crippen LogP contribution in [0.25, 0.3) is 0 Å². The Morgan fingerprint density at radius 2 is 1.62 bits per heavy atom. The van der Waals surface area contributed by atoms with E-state index in [4.69, 9.17) is 9.47 Å². The minimum atomic E-state index is -4.50. The van der Waals surface area contributed by atoms with E-state index in [9.17, 15) is 32.7 Å². The zero-order valence-electron chi connectivity index (χ0n) is 26.4. The van der Waals surface area contributed by atoms with Crippen molar-refractivity contribution < 1.29 is 42.1 Å². The predicted molar refractivity (Wildman–Crippen MR) is 171 cm³/mol. The summed E-state index contributed by atoms with van der Waals surface area (Å²) in [4.78, 5) is 42.3. The maximum atomic E-state index is 13.5. The number of hydrogen-bond donors (Lipinski definition) is 4. The molecule has 1 aliphatic heterocycles. The van der Waals surface area contributed by atoms with Gasteiger partial charge in [-0.05, 0) is 73.7 Å². The van der Waals surface area contributed by atoms with Crippen LogP contribution in [-0.4, -0.2) is 78.9 Å². The highest BCUT2D eigenvalue weighted by Gasteiger charge is 2.32. The maximum Gasteiger partial charge on any atom is 0.416 e. The van der Waals surface area contributed by atoms with E-state index in [2.05, 4.69) is 16.0 Å². The number of aliphatic hydroxyl groups excluding tert-OH is 1. The van der Waals surface area contributed by atoms with Gasteiger partial charge in [0.1, 0.15) is 17.6 Å². The van der Waals surface area contributed by atoms with Gasteiger partial charge >= 0.3 is 18.2 Å². The molecule has 0 spiro atoms. The van der Waals surface area contributed by atoms with Gasteiger partial charge in [-0.2, -0.15) is 13.2 Å². The number of aliphatic hydroxyl groups is 1. The summed E-state index contributed by atoms with van der Waals surface area (Å²) in [5, 5.41) is 17.8. The van der Waals surface area contributed by atoms with E-state index >= 15 is 0 Å². The third kappa shape index (κ3) is 9.28. The minimum Gasteiger partial charge on any atom is -0.497 e. The number of methoxy groups -OCH3 is 1. The van der Waals surface area contributed by atoms with Crippen molar-refractivity contribution in [2.45, 2.75) is 38.6 Å². The van der Waals surface area contributed by atoms with E-state index in [0.717, 1.165) is 24.3 Å². The van der Waals surface area contributed by atoms with Crippen LogP contribution in [0, 0.1) is 5.92 Å². The van der Waals surface area contributed by atoms with Crippen LogP contribution in [0.15, 0.2) is 66.7 Å². The van der Waals surface area contributed by atoms with Gasteiger partial charge in [0.05, 0.1) is 38.3 Å². The average molecular weight is 658 g/mol. The number of benzene rings is 3. The SMILES string of the molecule is COc1ccc(NC(=O)N(C)C[C@@H]2Oc3ccc(NC(=O)Nc4ccc(C(F)(F)F)cc4)cc3CC(=O)N([C@H](C)CO)C[C@@H]2C)cc1. The molecule has 0 aromatic heterocycles. The van der Waals surface area contributed by atoms with Crippen LogP contribution in [0.2, 0.25) is 0 Å². The zero-order chi connectivity index (χ0) is 34.3. The smallest absolute Gasteiger partial charge is 0.416 e. The normalized spacial score (nSPS) is 17.2. The zero-order valence-corrected chi connectivity index (χ0v) is 26.4. The number of fused-ring (bicyclic) bond motifs is 1. The van der Waals surface area contributed by atoms with Gasteiger partial charge in [-0.15, -0.1) is 0 Å². The molecular weight excluding hydrogens is 619 g/mol. The van der Waals surface area contributed by atoms with Gasteiger partial charge < -0.3 is 40.3 Å². The second kappa shape index (κ2) is 15.1. The summed E-state index contributed by atoms with van der Waals surface area (Å²) < 4.78 is 50.2. The Kier molecular flexibility index (Phi) is 11.2. The Labute approximate surface area is 270 Å². The monoisotopic (exact) mass is 657 g/mol. The number of urea groups is 2. The van der Waals surface area contributed by atoms with Crippen molar-refractivity contribution in [1.82, 2.24) is 9.80 Å². The molecule has 0 unspecified atom stereocenters. The highest BCUT2D eigenvalue weighted by atomic mass is 19.4. The van der Waals surface area contributed by atoms with Crippen LogP contribution in [0.5, 0.6) is 11.5 Å². The first-order chi connectivity index (χ1) is 22.3. The van der Waals surface area contributed by atoms with E-state index in [1.165, 1.54) is 4.90 Å². The third-order valence-corrected chi connectivity index (χ3v) is 7.79. The Balaban J connectivity index is 1.52. The number of nitrogens with zero attached hydrogens (tertiary/aromatic N) is 2. The van der Waals surface area contributed by atoms with Crippen LogP contribution in [0.1, 0.15) is 25.0 Å². The molecule has 4 N–H and O–H groups in total. The summed E-state index contributed by atoms with van der Waals surface area (Å²) in [6, 6.07) is 14.1. The van der Waals surface area contributed by atoms with E-state index in [1.54, 1.807) is 68.4 Å². The molecule has 1 aliphatic rings. The van der Waals surface area contributed by atoms with Crippen molar-refractivity contribution in [1.29, 1.82) is 0 Å². The van der Waals surface area contributed by atoms with Crippen molar-refractivity contribution in [2.24, 2.45) is 5.92 Å². The fraction of sp³-hybridized carbons (Fsp3) is 0.364. The van der Waals surface area contributed by atoms with Crippen molar-refractivity contribution in [3.63, 3.8) is 0 Å². The molecule has 0 aliphatic carbocycles. The molecule has 5 amide bonds. The molecule has 0 saturated carbocycles. The molecule has 3 aromatic carbocycles. The van der Waals surface area contributed by atoms with E-state index in [1.807, 2.05) is 6.92 Å². The molecule has 47 heavy (non-hydrogen) atoms. The molecule has 252 valence electrons. The number of nitrogens with one attached hydrogen (secondary N) is 3. The number of anilines is 3. The van der Waals surface area contributed by atoms with E-state index < -0.39 is 29.9 Å². The molecule has 4 rings (SSSR count). The Morgan fingerprint density at radius 3 is 2.23 bits per heavy atom. The summed E-state index contributed by atoms with van der Waals surface area (Å²) in [6.45, 7) is 3.79. The highest BCUT2D eigenvalue weighted by Crippen LogP contribution is 2.31. The minimum absolute atomic E-state index is 0.0943. The number of amides is 5. The lowest BCUT2D eigenvalue weighted by Crippen LogP contribution is -2.48. The summed E-state index contributed by atoms with van der Waals surface area (Å²) in [5.41, 5.74) is 0.662. The summed E-state index contributed by atoms with van der Waals surface area (Å²) in [7, 11) is 3.18. The fourth-order valence-corrected chi connectivity index (χ4v) is 5.01. The van der Waals surface area contributed by atoms with E-state index in [0.29, 0.717) is 28.4 Å². The standard InChI is InChI=1S/C33H38F3N5O6/c1-20-17-41(21(2)19-42)30(43)16-22-15-26(38-31(44)37-24-7-5-23(6-8-24)33(34,35)36)11-14-28(22)47-29(20)18-40(3)32(45)39-25-9-12-27(46-4)13-10-25/h5-15,20-21,29,42H,16-19H2,1-4H3,(H,39,45)(H2,37,38,44)/t20-,21+,29-/m0/s1. The number of ether oxygens (including phenoxy) is 2. The second-order valence-electron chi connectivity index (χ2n) is 11.4. The third-order valence-electron chi connectivity index (χ3n) is 7.79. The number of rotatable bonds is 8. The summed E-state index contributed by atoms with van der Waals surface area (Å²) in [6.07, 6.45) is -5.16. The topological polar surface area (TPSA) is 132 Å². The van der Waals surface area contributed by atoms with Gasteiger partial charge in [-0.1, -0.05) is 6.92 Å². The molecule has 0 saturated heterocycles. The number of halogens is 3. The molecule has 3 atom stereocenters. The maximum absolute atomic E-state index is 13.5. The summed E-state index contributed by atoms with van der Waals surface area (Å²) >= 11 is 0. The van der Waals surface area contributed by atoms with Gasteiger partial charge in [0.2, 0.25) is 5.91 Å². The number of alkyl halides is 3. The number of carbonyl (C=O) groups excluding carboxylic acids is 3. The lowest BCUT2D eigenvalue weighted by Gasteiger charge is -2.34. The van der Waals surface area contributed by atoms with Crippen LogP contribution in [-0.2, 0) is 17.4 Å². The quantitative estimate of drug-likeness (QED) is 0.247. The molecule has 0 radical (unpaired) electrons. The van der Waals surface area contributed by atoms with Gasteiger partial charge in [-0.25, -0.2) is 9.59 Å². The van der Waals surface area contributed by atoms with Crippen LogP contribution >= 0.6 is 0 Å². The first-order valence-corrected chi connectivity index (χ1v) is 14.9. The number of hydrogen-bond acceptors (Lipinski definition) is 6. The first kappa shape index (κ1) is 34.9. The van der Waals surface area contributed by atoms with Crippen LogP contribution < -0.4 is 25.4 Å². The number of carbonyl (C=O) groups is 3. The Morgan fingerprint density at radius 1 is 1.02 bits per heavy atom. The summed E-state index contributed by atoms with van der Waals surface area (Å²) in [5.74, 6) is 0.506. The van der Waals surface area contributed by atoms with Gasteiger partial charge in [0.25, 0.3) is 0 Å². The van der Waals surface area contributed by atoms with Crippen LogP contribution in [0.4, 0.5) is 39.8 Å². The molecule has 3 aromatic rings. The molecule has 0 bridgehead atoms. The van der Waals surface area contributed by atoms with Crippen molar-refractivity contribution in [2.75, 3.05) is 49.8 Å².